The first-order valence-corrected chi connectivity index (χ1v) is 23.3. The van der Waals surface area contributed by atoms with Crippen LogP contribution in [0.4, 0.5) is 10.5 Å². The number of hydrogen-bond donors (Lipinski definition) is 1. The molecule has 350 valence electrons. The van der Waals surface area contributed by atoms with E-state index in [1.165, 1.54) is 22.8 Å². The maximum Gasteiger partial charge on any atom is 0.328 e. The second kappa shape index (κ2) is 20.2. The van der Waals surface area contributed by atoms with Crippen LogP contribution in [0.3, 0.4) is 0 Å². The minimum absolute atomic E-state index is 0.0982. The molecule has 4 saturated heterocycles. The van der Waals surface area contributed by atoms with E-state index in [1.807, 2.05) is 40.1 Å². The molecule has 1 N–H and O–H groups in total. The van der Waals surface area contributed by atoms with Crippen LogP contribution in [0.2, 0.25) is 0 Å². The molecule has 68 heavy (non-hydrogen) atoms. The van der Waals surface area contributed by atoms with E-state index in [0.717, 1.165) is 81.4 Å². The Balaban J connectivity index is 0.694. The molecule has 6 heterocycles. The van der Waals surface area contributed by atoms with Crippen LogP contribution in [0.25, 0.3) is 22.6 Å². The number of amides is 5. The predicted octanol–water partition coefficient (Wildman–Crippen LogP) is 5.38. The van der Waals surface area contributed by atoms with Crippen LogP contribution in [-0.4, -0.2) is 124 Å². The van der Waals surface area contributed by atoms with E-state index in [2.05, 4.69) is 31.4 Å². The summed E-state index contributed by atoms with van der Waals surface area (Å²) in [6.45, 7) is 5.77. The molecule has 0 aliphatic carbocycles. The first kappa shape index (κ1) is 45.7. The van der Waals surface area contributed by atoms with Gasteiger partial charge >= 0.3 is 6.03 Å². The molecule has 0 unspecified atom stereocenters. The molecule has 0 saturated carbocycles. The zero-order chi connectivity index (χ0) is 47.2. The highest BCUT2D eigenvalue weighted by Crippen LogP contribution is 2.42. The Kier molecular flexibility index (Phi) is 13.6. The third-order valence-electron chi connectivity index (χ3n) is 13.9. The number of benzene rings is 3. The van der Waals surface area contributed by atoms with E-state index in [1.54, 1.807) is 54.9 Å². The number of urea groups is 1. The predicted molar refractivity (Wildman–Crippen MR) is 252 cm³/mol. The lowest BCUT2D eigenvalue weighted by molar-refractivity contribution is -0.135. The summed E-state index contributed by atoms with van der Waals surface area (Å²) in [4.78, 5) is 80.9. The lowest BCUT2D eigenvalue weighted by atomic mass is 9.71. The number of rotatable bonds is 12. The van der Waals surface area contributed by atoms with Gasteiger partial charge in [0.1, 0.15) is 5.75 Å². The summed E-state index contributed by atoms with van der Waals surface area (Å²) in [6, 6.07) is 24.7. The lowest BCUT2D eigenvalue weighted by Gasteiger charge is -2.47. The Morgan fingerprint density at radius 2 is 1.54 bits per heavy atom. The van der Waals surface area contributed by atoms with Crippen molar-refractivity contribution in [2.24, 2.45) is 11.3 Å². The molecular weight excluding hydrogens is 865 g/mol. The van der Waals surface area contributed by atoms with Crippen molar-refractivity contribution in [3.63, 3.8) is 0 Å². The summed E-state index contributed by atoms with van der Waals surface area (Å²) in [7, 11) is 1.51. The van der Waals surface area contributed by atoms with Crippen LogP contribution in [-0.2, 0) is 16.1 Å². The van der Waals surface area contributed by atoms with Gasteiger partial charge in [0.05, 0.1) is 62.2 Å². The number of methoxy groups -OCH3 is 1. The number of ether oxygens (including phenoxy) is 2. The molecule has 3 aromatic carbocycles. The van der Waals surface area contributed by atoms with E-state index in [4.69, 9.17) is 9.47 Å². The van der Waals surface area contributed by atoms with Gasteiger partial charge in [-0.2, -0.15) is 10.4 Å². The number of likely N-dealkylation sites (tertiary alicyclic amines) is 3. The Morgan fingerprint density at radius 1 is 0.824 bits per heavy atom. The summed E-state index contributed by atoms with van der Waals surface area (Å²) in [5.74, 6) is 1.68. The van der Waals surface area contributed by atoms with Crippen molar-refractivity contribution >= 4 is 29.4 Å². The van der Waals surface area contributed by atoms with Crippen molar-refractivity contribution in [3.8, 4) is 40.2 Å². The van der Waals surface area contributed by atoms with Gasteiger partial charge in [-0.3, -0.25) is 34.3 Å². The number of carbonyl (C=O) groups is 4. The van der Waals surface area contributed by atoms with Crippen LogP contribution in [0.1, 0.15) is 66.4 Å². The summed E-state index contributed by atoms with van der Waals surface area (Å²) in [5.41, 5.74) is 4.34. The van der Waals surface area contributed by atoms with E-state index in [9.17, 15) is 29.2 Å². The Hall–Kier alpha value is -7.45. The molecule has 4 aliphatic heterocycles. The van der Waals surface area contributed by atoms with Gasteiger partial charge < -0.3 is 19.3 Å². The van der Waals surface area contributed by atoms with Gasteiger partial charge in [-0.05, 0) is 111 Å². The van der Waals surface area contributed by atoms with Gasteiger partial charge in [0.15, 0.2) is 11.6 Å². The summed E-state index contributed by atoms with van der Waals surface area (Å²) >= 11 is 0. The highest BCUT2D eigenvalue weighted by molar-refractivity contribution is 6.07. The summed E-state index contributed by atoms with van der Waals surface area (Å²) < 4.78 is 13.0. The average Bonchev–Trinajstić information content (AvgIpc) is 3.37. The number of hydrogen-bond acceptors (Lipinski definition) is 12. The largest absolute Gasteiger partial charge is 0.495 e. The second-order valence-electron chi connectivity index (χ2n) is 18.2. The third kappa shape index (κ3) is 10.4. The lowest BCUT2D eigenvalue weighted by Crippen LogP contribution is -2.51. The fourth-order valence-corrected chi connectivity index (χ4v) is 9.73. The van der Waals surface area contributed by atoms with E-state index in [-0.39, 0.29) is 48.2 Å². The normalized spacial score (nSPS) is 17.7. The molecule has 17 nitrogen and oxygen atoms in total. The van der Waals surface area contributed by atoms with Crippen LogP contribution in [0.5, 0.6) is 11.5 Å². The SMILES string of the molecule is COc1ccc(C(=O)N2CCC3(CCN(C(=O)CN4CCC(COc5cnc(-c6cccc(Cn7nc(-c8cccc(C#N)c8)ccc7=O)c6)nc5)CC4)CC3)CC2)cc1N1CCC(=O)NC1=O. The number of aromatic nitrogens is 4. The molecule has 5 aromatic rings. The highest BCUT2D eigenvalue weighted by Gasteiger charge is 2.40. The van der Waals surface area contributed by atoms with Gasteiger partial charge in [-0.15, -0.1) is 0 Å². The van der Waals surface area contributed by atoms with Crippen molar-refractivity contribution < 1.29 is 28.7 Å². The minimum atomic E-state index is -0.533. The number of anilines is 1. The number of nitriles is 1. The molecule has 4 aliphatic rings. The second-order valence-corrected chi connectivity index (χ2v) is 18.2. The maximum absolute atomic E-state index is 13.7. The van der Waals surface area contributed by atoms with Crippen molar-refractivity contribution in [1.29, 1.82) is 5.26 Å². The topological polar surface area (TPSA) is 196 Å². The Morgan fingerprint density at radius 3 is 2.26 bits per heavy atom. The van der Waals surface area contributed by atoms with Gasteiger partial charge in [0.25, 0.3) is 11.5 Å². The van der Waals surface area contributed by atoms with Crippen molar-refractivity contribution in [3.05, 3.63) is 118 Å². The van der Waals surface area contributed by atoms with E-state index in [0.29, 0.717) is 72.0 Å². The van der Waals surface area contributed by atoms with Crippen LogP contribution in [0, 0.1) is 22.7 Å². The molecular formula is C51H54N10O7. The molecule has 0 radical (unpaired) electrons. The van der Waals surface area contributed by atoms with Gasteiger partial charge in [0.2, 0.25) is 11.8 Å². The fourth-order valence-electron chi connectivity index (χ4n) is 9.73. The number of imide groups is 1. The van der Waals surface area contributed by atoms with Crippen molar-refractivity contribution in [2.45, 2.75) is 51.5 Å². The van der Waals surface area contributed by atoms with E-state index >= 15 is 0 Å². The summed E-state index contributed by atoms with van der Waals surface area (Å²) in [5, 5.41) is 16.2. The molecule has 1 spiro atoms. The molecule has 0 atom stereocenters. The smallest absolute Gasteiger partial charge is 0.328 e. The minimum Gasteiger partial charge on any atom is -0.495 e. The summed E-state index contributed by atoms with van der Waals surface area (Å²) in [6.07, 6.45) is 8.99. The standard InChI is InChI=1S/C51H54N10O7/c1-67-44-10-8-40(28-43(44)60-21-14-45(62)55-50(60)66)49(65)59-24-17-51(18-25-59)15-22-58(23-16-51)47(64)33-57-19-12-35(13-20-57)34-68-41-30-53-48(54-31-41)39-7-3-5-37(27-39)32-61-46(63)11-9-42(56-61)38-6-2-4-36(26-38)29-52/h2-11,26-28,30-31,35H,12-25,32-34H2,1H3,(H,55,62,66). The molecule has 0 bridgehead atoms. The average molecular weight is 919 g/mol. The van der Waals surface area contributed by atoms with Crippen LogP contribution >= 0.6 is 0 Å². The van der Waals surface area contributed by atoms with Gasteiger partial charge in [0, 0.05) is 61.9 Å². The highest BCUT2D eigenvalue weighted by atomic mass is 16.5. The van der Waals surface area contributed by atoms with Crippen LogP contribution < -0.4 is 25.2 Å². The zero-order valence-corrected chi connectivity index (χ0v) is 38.1. The third-order valence-corrected chi connectivity index (χ3v) is 13.9. The van der Waals surface area contributed by atoms with Crippen molar-refractivity contribution in [2.75, 3.05) is 71.0 Å². The number of piperidine rings is 3. The first-order chi connectivity index (χ1) is 33.0. The number of nitrogens with zero attached hydrogens (tertiary/aromatic N) is 9. The molecule has 9 rings (SSSR count). The van der Waals surface area contributed by atoms with E-state index < -0.39 is 6.03 Å². The maximum atomic E-state index is 13.7. The quantitative estimate of drug-likeness (QED) is 0.168. The monoisotopic (exact) mass is 918 g/mol. The zero-order valence-electron chi connectivity index (χ0n) is 38.1. The fraction of sp³-hybridized carbons (Fsp3) is 0.392. The Bertz CT molecular complexity index is 2780. The first-order valence-electron chi connectivity index (χ1n) is 23.3. The number of carbonyl (C=O) groups excluding carboxylic acids is 4. The number of nitrogens with one attached hydrogen (secondary N) is 1. The van der Waals surface area contributed by atoms with Gasteiger partial charge in [-0.25, -0.2) is 19.4 Å². The molecule has 5 amide bonds. The molecule has 2 aromatic heterocycles. The molecule has 17 heteroatoms. The van der Waals surface area contributed by atoms with Crippen molar-refractivity contribution in [1.82, 2.24) is 39.8 Å². The van der Waals surface area contributed by atoms with Crippen LogP contribution in [0.15, 0.2) is 96.1 Å². The Labute approximate surface area is 394 Å². The van der Waals surface area contributed by atoms with Gasteiger partial charge in [-0.1, -0.05) is 30.3 Å². The molecule has 4 fully saturated rings.